The van der Waals surface area contributed by atoms with Crippen LogP contribution in [0.4, 0.5) is 0 Å². The van der Waals surface area contributed by atoms with Gasteiger partial charge in [-0.3, -0.25) is 0 Å². The highest BCUT2D eigenvalue weighted by atomic mass is 14.7. The maximum Gasteiger partial charge on any atom is 0.0489 e. The van der Waals surface area contributed by atoms with E-state index < -0.39 is 0 Å². The maximum absolute atomic E-state index is 3.35. The molecule has 86 valence electrons. The fourth-order valence-electron chi connectivity index (χ4n) is 2.91. The number of benzene rings is 1. The second-order valence-corrected chi connectivity index (χ2v) is 5.77. The van der Waals surface area contributed by atoms with Gasteiger partial charge in [-0.15, -0.1) is 0 Å². The summed E-state index contributed by atoms with van der Waals surface area (Å²) in [5.41, 5.74) is 7.24. The molecule has 0 spiro atoms. The van der Waals surface area contributed by atoms with Crippen LogP contribution in [-0.2, 0) is 5.41 Å². The number of rotatable bonds is 0. The first-order valence-electron chi connectivity index (χ1n) is 5.91. The fourth-order valence-corrected chi connectivity index (χ4v) is 2.91. The summed E-state index contributed by atoms with van der Waals surface area (Å²) < 4.78 is 0. The van der Waals surface area contributed by atoms with E-state index in [0.717, 1.165) is 0 Å². The molecule has 1 heterocycles. The van der Waals surface area contributed by atoms with Crippen LogP contribution in [0, 0.1) is 20.8 Å². The average molecular weight is 215 g/mol. The molecule has 0 radical (unpaired) electrons. The number of nitrogens with one attached hydrogen (secondary N) is 1. The normalized spacial score (nSPS) is 12.4. The van der Waals surface area contributed by atoms with Crippen molar-refractivity contribution >= 4 is 10.9 Å². The molecule has 2 aromatic rings. The second kappa shape index (κ2) is 3.38. The van der Waals surface area contributed by atoms with Crippen molar-refractivity contribution in [1.29, 1.82) is 0 Å². The summed E-state index contributed by atoms with van der Waals surface area (Å²) in [4.78, 5) is 3.35. The highest BCUT2D eigenvalue weighted by molar-refractivity contribution is 5.88. The van der Waals surface area contributed by atoms with Gasteiger partial charge in [-0.1, -0.05) is 20.8 Å². The van der Waals surface area contributed by atoms with Crippen molar-refractivity contribution in [2.45, 2.75) is 47.0 Å². The van der Waals surface area contributed by atoms with Crippen molar-refractivity contribution in [1.82, 2.24) is 4.98 Å². The van der Waals surface area contributed by atoms with Crippen LogP contribution in [0.2, 0.25) is 0 Å². The summed E-state index contributed by atoms with van der Waals surface area (Å²) in [5.74, 6) is 0. The Bertz CT molecular complexity index is 539. The van der Waals surface area contributed by atoms with E-state index in [-0.39, 0.29) is 5.41 Å². The molecule has 0 unspecified atom stereocenters. The SMILES string of the molecule is Cc1c(C(C)(C)C)c(C)c2cc[nH]c2c1C. The van der Waals surface area contributed by atoms with E-state index >= 15 is 0 Å². The molecule has 1 N–H and O–H groups in total. The lowest BCUT2D eigenvalue weighted by atomic mass is 9.79. The molecule has 0 saturated heterocycles. The van der Waals surface area contributed by atoms with Gasteiger partial charge in [-0.25, -0.2) is 0 Å². The summed E-state index contributed by atoms with van der Waals surface area (Å²) in [5, 5.41) is 1.37. The lowest BCUT2D eigenvalue weighted by molar-refractivity contribution is 0.582. The molecule has 0 bridgehead atoms. The van der Waals surface area contributed by atoms with Crippen LogP contribution in [-0.4, -0.2) is 4.98 Å². The van der Waals surface area contributed by atoms with Crippen molar-refractivity contribution in [2.75, 3.05) is 0 Å². The first kappa shape index (κ1) is 11.3. The number of aromatic amines is 1. The third-order valence-corrected chi connectivity index (χ3v) is 3.59. The zero-order chi connectivity index (χ0) is 12.1. The monoisotopic (exact) mass is 215 g/mol. The standard InChI is InChI=1S/C15H21N/c1-9-10(2)14-12(7-8-16-14)11(3)13(9)15(4,5)6/h7-8,16H,1-6H3. The Kier molecular flexibility index (Phi) is 2.37. The van der Waals surface area contributed by atoms with Crippen LogP contribution in [0.15, 0.2) is 12.3 Å². The van der Waals surface area contributed by atoms with Crippen molar-refractivity contribution in [3.63, 3.8) is 0 Å². The van der Waals surface area contributed by atoms with Gasteiger partial charge in [-0.2, -0.15) is 0 Å². The van der Waals surface area contributed by atoms with Crippen LogP contribution in [0.1, 0.15) is 43.0 Å². The molecule has 0 amide bonds. The van der Waals surface area contributed by atoms with Crippen molar-refractivity contribution in [3.05, 3.63) is 34.5 Å². The van der Waals surface area contributed by atoms with Crippen LogP contribution in [0.3, 0.4) is 0 Å². The zero-order valence-corrected chi connectivity index (χ0v) is 11.2. The average Bonchev–Trinajstić information content (AvgIpc) is 2.61. The molecule has 0 aliphatic carbocycles. The first-order chi connectivity index (χ1) is 7.34. The Hall–Kier alpha value is -1.24. The van der Waals surface area contributed by atoms with Gasteiger partial charge in [0.1, 0.15) is 0 Å². The highest BCUT2D eigenvalue weighted by Crippen LogP contribution is 2.35. The number of hydrogen-bond donors (Lipinski definition) is 1. The van der Waals surface area contributed by atoms with Crippen LogP contribution in [0.5, 0.6) is 0 Å². The molecule has 0 aliphatic heterocycles. The predicted octanol–water partition coefficient (Wildman–Crippen LogP) is 4.39. The van der Waals surface area contributed by atoms with Gasteiger partial charge in [0.15, 0.2) is 0 Å². The zero-order valence-electron chi connectivity index (χ0n) is 11.2. The summed E-state index contributed by atoms with van der Waals surface area (Å²) in [6.07, 6.45) is 2.04. The van der Waals surface area contributed by atoms with E-state index in [2.05, 4.69) is 52.6 Å². The molecule has 1 aromatic carbocycles. The topological polar surface area (TPSA) is 15.8 Å². The molecule has 1 heteroatoms. The van der Waals surface area contributed by atoms with E-state index in [1.807, 2.05) is 6.20 Å². The van der Waals surface area contributed by atoms with Gasteiger partial charge in [0.2, 0.25) is 0 Å². The van der Waals surface area contributed by atoms with E-state index in [4.69, 9.17) is 0 Å². The van der Waals surface area contributed by atoms with Crippen LogP contribution in [0.25, 0.3) is 10.9 Å². The molecular weight excluding hydrogens is 194 g/mol. The number of aromatic nitrogens is 1. The molecule has 0 fully saturated rings. The Morgan fingerprint density at radius 1 is 0.938 bits per heavy atom. The van der Waals surface area contributed by atoms with Crippen molar-refractivity contribution in [2.24, 2.45) is 0 Å². The molecule has 16 heavy (non-hydrogen) atoms. The minimum atomic E-state index is 0.213. The quantitative estimate of drug-likeness (QED) is 0.671. The minimum absolute atomic E-state index is 0.213. The van der Waals surface area contributed by atoms with Crippen molar-refractivity contribution in [3.8, 4) is 0 Å². The Balaban J connectivity index is 2.94. The second-order valence-electron chi connectivity index (χ2n) is 5.77. The number of hydrogen-bond acceptors (Lipinski definition) is 0. The summed E-state index contributed by atoms with van der Waals surface area (Å²) in [6.45, 7) is 13.6. The maximum atomic E-state index is 3.35. The smallest absolute Gasteiger partial charge is 0.0489 e. The van der Waals surface area contributed by atoms with E-state index in [1.165, 1.54) is 33.2 Å². The van der Waals surface area contributed by atoms with Gasteiger partial charge in [-0.05, 0) is 54.5 Å². The van der Waals surface area contributed by atoms with Gasteiger partial charge in [0.25, 0.3) is 0 Å². The minimum Gasteiger partial charge on any atom is -0.361 e. The molecule has 0 saturated carbocycles. The number of fused-ring (bicyclic) bond motifs is 1. The van der Waals surface area contributed by atoms with E-state index in [0.29, 0.717) is 0 Å². The van der Waals surface area contributed by atoms with Crippen LogP contribution < -0.4 is 0 Å². The predicted molar refractivity (Wildman–Crippen MR) is 71.2 cm³/mol. The lowest BCUT2D eigenvalue weighted by Gasteiger charge is -2.26. The number of aryl methyl sites for hydroxylation is 2. The highest BCUT2D eigenvalue weighted by Gasteiger charge is 2.22. The van der Waals surface area contributed by atoms with E-state index in [1.54, 1.807) is 0 Å². The largest absolute Gasteiger partial charge is 0.361 e. The van der Waals surface area contributed by atoms with Gasteiger partial charge < -0.3 is 4.98 Å². The Morgan fingerprint density at radius 2 is 1.56 bits per heavy atom. The van der Waals surface area contributed by atoms with Crippen LogP contribution >= 0.6 is 0 Å². The molecular formula is C15H21N. The number of H-pyrrole nitrogens is 1. The summed E-state index contributed by atoms with van der Waals surface area (Å²) in [7, 11) is 0. The summed E-state index contributed by atoms with van der Waals surface area (Å²) in [6, 6.07) is 2.19. The third kappa shape index (κ3) is 1.46. The molecule has 0 atom stereocenters. The van der Waals surface area contributed by atoms with E-state index in [9.17, 15) is 0 Å². The van der Waals surface area contributed by atoms with Crippen molar-refractivity contribution < 1.29 is 0 Å². The van der Waals surface area contributed by atoms with Gasteiger partial charge >= 0.3 is 0 Å². The summed E-state index contributed by atoms with van der Waals surface area (Å²) >= 11 is 0. The molecule has 0 aliphatic rings. The van der Waals surface area contributed by atoms with Gasteiger partial charge in [0.05, 0.1) is 0 Å². The fraction of sp³-hybridized carbons (Fsp3) is 0.467. The third-order valence-electron chi connectivity index (χ3n) is 3.59. The molecule has 2 rings (SSSR count). The lowest BCUT2D eigenvalue weighted by Crippen LogP contribution is -2.16. The first-order valence-corrected chi connectivity index (χ1v) is 5.91. The Morgan fingerprint density at radius 3 is 2.12 bits per heavy atom. The molecule has 1 aromatic heterocycles. The Labute approximate surface area is 97.9 Å². The molecule has 1 nitrogen and oxygen atoms in total. The van der Waals surface area contributed by atoms with Gasteiger partial charge in [0, 0.05) is 17.1 Å².